The molecule has 0 unspecified atom stereocenters. The van der Waals surface area contributed by atoms with E-state index in [0.29, 0.717) is 17.2 Å². The van der Waals surface area contributed by atoms with E-state index in [9.17, 15) is 4.79 Å². The lowest BCUT2D eigenvalue weighted by molar-refractivity contribution is 0.101. The summed E-state index contributed by atoms with van der Waals surface area (Å²) < 4.78 is 1.06. The fourth-order valence-electron chi connectivity index (χ4n) is 2.33. The highest BCUT2D eigenvalue weighted by Gasteiger charge is 2.04. The topological polar surface area (TPSA) is 66.9 Å². The monoisotopic (exact) mass is 396 g/mol. The molecule has 6 heteroatoms. The lowest BCUT2D eigenvalue weighted by atomic mass is 10.1. The zero-order valence-corrected chi connectivity index (χ0v) is 15.5. The lowest BCUT2D eigenvalue weighted by Crippen LogP contribution is -2.00. The van der Waals surface area contributed by atoms with Gasteiger partial charge in [0.05, 0.1) is 0 Å². The number of carbonyl (C=O) groups excluding carboxylic acids is 1. The van der Waals surface area contributed by atoms with Crippen LogP contribution < -0.4 is 10.6 Å². The van der Waals surface area contributed by atoms with E-state index in [1.807, 2.05) is 43.3 Å². The van der Waals surface area contributed by atoms with E-state index in [2.05, 4.69) is 36.5 Å². The molecule has 0 bridgehead atoms. The van der Waals surface area contributed by atoms with Gasteiger partial charge in [-0.3, -0.25) is 4.79 Å². The summed E-state index contributed by atoms with van der Waals surface area (Å²) in [7, 11) is 0. The van der Waals surface area contributed by atoms with Crippen LogP contribution in [-0.4, -0.2) is 15.8 Å². The molecule has 1 heterocycles. The van der Waals surface area contributed by atoms with Gasteiger partial charge in [-0.1, -0.05) is 28.1 Å². The first-order valence-electron chi connectivity index (χ1n) is 7.74. The molecule has 5 nitrogen and oxygen atoms in total. The first-order chi connectivity index (χ1) is 12.0. The maximum atomic E-state index is 11.5. The number of rotatable bonds is 5. The van der Waals surface area contributed by atoms with Crippen LogP contribution in [0.5, 0.6) is 0 Å². The molecular formula is C19H17BrN4O. The van der Waals surface area contributed by atoms with E-state index in [4.69, 9.17) is 0 Å². The van der Waals surface area contributed by atoms with E-state index < -0.39 is 0 Å². The standard InChI is InChI=1S/C19H17BrN4O/c1-12-8-16(6-7-17(12)20)24-19-10-18(21-11-22-19)23-15-5-3-4-14(9-15)13(2)25/h3-11H,1-2H3,(H2,21,22,23,24). The second-order valence-corrected chi connectivity index (χ2v) is 6.49. The molecule has 0 amide bonds. The molecule has 2 N–H and O–H groups in total. The summed E-state index contributed by atoms with van der Waals surface area (Å²) in [5.41, 5.74) is 3.54. The predicted molar refractivity (Wildman–Crippen MR) is 104 cm³/mol. The normalized spacial score (nSPS) is 10.4. The number of nitrogens with one attached hydrogen (secondary N) is 2. The van der Waals surface area contributed by atoms with Gasteiger partial charge >= 0.3 is 0 Å². The molecule has 2 aromatic carbocycles. The van der Waals surface area contributed by atoms with E-state index >= 15 is 0 Å². The van der Waals surface area contributed by atoms with Gasteiger partial charge in [-0.2, -0.15) is 0 Å². The molecule has 25 heavy (non-hydrogen) atoms. The van der Waals surface area contributed by atoms with Gasteiger partial charge in [0.15, 0.2) is 5.78 Å². The second-order valence-electron chi connectivity index (χ2n) is 5.64. The quantitative estimate of drug-likeness (QED) is 0.577. The summed E-state index contributed by atoms with van der Waals surface area (Å²) in [6, 6.07) is 15.1. The predicted octanol–water partition coefficient (Wildman–Crippen LogP) is 5.24. The molecule has 0 saturated heterocycles. The number of Topliss-reactive ketones (excluding diaryl/α,β-unsaturated/α-hetero) is 1. The molecule has 3 rings (SSSR count). The van der Waals surface area contributed by atoms with Crippen LogP contribution in [0.1, 0.15) is 22.8 Å². The number of anilines is 4. The smallest absolute Gasteiger partial charge is 0.159 e. The zero-order valence-electron chi connectivity index (χ0n) is 13.9. The molecule has 0 atom stereocenters. The Balaban J connectivity index is 1.78. The average molecular weight is 397 g/mol. The van der Waals surface area contributed by atoms with Crippen molar-refractivity contribution in [2.24, 2.45) is 0 Å². The van der Waals surface area contributed by atoms with Gasteiger partial charge in [-0.05, 0) is 49.7 Å². The number of benzene rings is 2. The molecule has 0 aliphatic rings. The third-order valence-electron chi connectivity index (χ3n) is 3.64. The van der Waals surface area contributed by atoms with E-state index in [1.165, 1.54) is 6.33 Å². The fraction of sp³-hybridized carbons (Fsp3) is 0.105. The first-order valence-corrected chi connectivity index (χ1v) is 8.54. The molecule has 126 valence electrons. The average Bonchev–Trinajstić information content (AvgIpc) is 2.59. The number of aromatic nitrogens is 2. The largest absolute Gasteiger partial charge is 0.340 e. The summed E-state index contributed by atoms with van der Waals surface area (Å²) in [6.07, 6.45) is 1.49. The Morgan fingerprint density at radius 1 is 0.960 bits per heavy atom. The van der Waals surface area contributed by atoms with Crippen molar-refractivity contribution in [1.82, 2.24) is 9.97 Å². The van der Waals surface area contributed by atoms with Crippen LogP contribution in [0, 0.1) is 6.92 Å². The molecular weight excluding hydrogens is 380 g/mol. The molecule has 0 spiro atoms. The highest BCUT2D eigenvalue weighted by molar-refractivity contribution is 9.10. The van der Waals surface area contributed by atoms with Crippen molar-refractivity contribution in [3.05, 3.63) is 70.5 Å². The van der Waals surface area contributed by atoms with E-state index in [1.54, 1.807) is 19.1 Å². The highest BCUT2D eigenvalue weighted by Crippen LogP contribution is 2.23. The molecule has 0 aliphatic carbocycles. The number of halogens is 1. The highest BCUT2D eigenvalue weighted by atomic mass is 79.9. The Morgan fingerprint density at radius 3 is 2.28 bits per heavy atom. The minimum absolute atomic E-state index is 0.0271. The van der Waals surface area contributed by atoms with Gasteiger partial charge in [-0.25, -0.2) is 9.97 Å². The molecule has 0 aliphatic heterocycles. The number of hydrogen-bond donors (Lipinski definition) is 2. The first kappa shape index (κ1) is 17.1. The minimum atomic E-state index is 0.0271. The van der Waals surface area contributed by atoms with Gasteiger partial charge in [0.1, 0.15) is 18.0 Å². The van der Waals surface area contributed by atoms with Crippen molar-refractivity contribution in [2.45, 2.75) is 13.8 Å². The van der Waals surface area contributed by atoms with Gasteiger partial charge in [-0.15, -0.1) is 0 Å². The minimum Gasteiger partial charge on any atom is -0.340 e. The summed E-state index contributed by atoms with van der Waals surface area (Å²) >= 11 is 3.49. The summed E-state index contributed by atoms with van der Waals surface area (Å²) in [5, 5.41) is 6.46. The summed E-state index contributed by atoms with van der Waals surface area (Å²) in [5.74, 6) is 1.35. The van der Waals surface area contributed by atoms with Crippen LogP contribution >= 0.6 is 15.9 Å². The van der Waals surface area contributed by atoms with Crippen LogP contribution in [-0.2, 0) is 0 Å². The maximum absolute atomic E-state index is 11.5. The van der Waals surface area contributed by atoms with Gasteiger partial charge in [0, 0.05) is 27.5 Å². The van der Waals surface area contributed by atoms with Gasteiger partial charge in [0.2, 0.25) is 0 Å². The Kier molecular flexibility index (Phi) is 5.09. The number of aryl methyl sites for hydroxylation is 1. The van der Waals surface area contributed by atoms with Crippen molar-refractivity contribution in [2.75, 3.05) is 10.6 Å². The molecule has 3 aromatic rings. The van der Waals surface area contributed by atoms with Crippen LogP contribution in [0.25, 0.3) is 0 Å². The summed E-state index contributed by atoms with van der Waals surface area (Å²) in [4.78, 5) is 20.0. The molecule has 0 fully saturated rings. The van der Waals surface area contributed by atoms with E-state index in [0.717, 1.165) is 21.4 Å². The SMILES string of the molecule is CC(=O)c1cccc(Nc2cc(Nc3ccc(Br)c(C)c3)ncn2)c1. The fourth-order valence-corrected chi connectivity index (χ4v) is 2.57. The molecule has 0 radical (unpaired) electrons. The van der Waals surface area contributed by atoms with Crippen molar-refractivity contribution < 1.29 is 4.79 Å². The van der Waals surface area contributed by atoms with Crippen molar-refractivity contribution in [3.63, 3.8) is 0 Å². The Hall–Kier alpha value is -2.73. The van der Waals surface area contributed by atoms with Gasteiger partial charge < -0.3 is 10.6 Å². The Morgan fingerprint density at radius 2 is 1.64 bits per heavy atom. The molecule has 0 saturated carbocycles. The third-order valence-corrected chi connectivity index (χ3v) is 4.53. The van der Waals surface area contributed by atoms with Crippen molar-refractivity contribution >= 4 is 44.7 Å². The van der Waals surface area contributed by atoms with Crippen molar-refractivity contribution in [1.29, 1.82) is 0 Å². The summed E-state index contributed by atoms with van der Waals surface area (Å²) in [6.45, 7) is 3.58. The van der Waals surface area contributed by atoms with Crippen LogP contribution in [0.2, 0.25) is 0 Å². The van der Waals surface area contributed by atoms with Crippen LogP contribution in [0.4, 0.5) is 23.0 Å². The lowest BCUT2D eigenvalue weighted by Gasteiger charge is -2.10. The second kappa shape index (κ2) is 7.44. The zero-order chi connectivity index (χ0) is 17.8. The Bertz CT molecular complexity index is 927. The number of ketones is 1. The van der Waals surface area contributed by atoms with Crippen molar-refractivity contribution in [3.8, 4) is 0 Å². The van der Waals surface area contributed by atoms with Gasteiger partial charge in [0.25, 0.3) is 0 Å². The maximum Gasteiger partial charge on any atom is 0.159 e. The molecule has 1 aromatic heterocycles. The number of hydrogen-bond acceptors (Lipinski definition) is 5. The number of nitrogens with zero attached hydrogens (tertiary/aromatic N) is 2. The van der Waals surface area contributed by atoms with Crippen LogP contribution in [0.15, 0.2) is 59.3 Å². The van der Waals surface area contributed by atoms with E-state index in [-0.39, 0.29) is 5.78 Å². The third kappa shape index (κ3) is 4.42. The Labute approximate surface area is 154 Å². The number of carbonyl (C=O) groups is 1. The van der Waals surface area contributed by atoms with Crippen LogP contribution in [0.3, 0.4) is 0 Å².